The Labute approximate surface area is 150 Å². The van der Waals surface area contributed by atoms with Gasteiger partial charge in [-0.25, -0.2) is 9.97 Å². The molecule has 0 unspecified atom stereocenters. The summed E-state index contributed by atoms with van der Waals surface area (Å²) >= 11 is 1.24. The maximum absolute atomic E-state index is 12.9. The Balaban J connectivity index is 1.81. The molecule has 1 aliphatic heterocycles. The number of aryl methyl sites for hydroxylation is 1. The number of nitrogen functional groups attached to an aromatic ring is 1. The first kappa shape index (κ1) is 17.2. The zero-order valence-corrected chi connectivity index (χ0v) is 14.8. The average molecular weight is 357 g/mol. The molecule has 0 saturated heterocycles. The third kappa shape index (κ3) is 3.90. The van der Waals surface area contributed by atoms with Gasteiger partial charge in [-0.3, -0.25) is 9.59 Å². The van der Waals surface area contributed by atoms with E-state index in [4.69, 9.17) is 5.73 Å². The molecule has 0 radical (unpaired) electrons. The van der Waals surface area contributed by atoms with Gasteiger partial charge in [-0.2, -0.15) is 0 Å². The standard InChI is InChI=1S/C17H19N5O2S/c1-10-7-14(18)21-17(19-10)25-9-16(24)22-11(2)8-15(23)20-12-5-3-4-6-13(12)22/h3-7,11H,8-9H2,1-2H3,(H,20,23)(H2,18,19,21)/t11-/m1/s1. The fraction of sp³-hybridized carbons (Fsp3) is 0.294. The lowest BCUT2D eigenvalue weighted by atomic mass is 10.2. The molecule has 3 N–H and O–H groups in total. The van der Waals surface area contributed by atoms with E-state index in [9.17, 15) is 9.59 Å². The van der Waals surface area contributed by atoms with Crippen LogP contribution in [0.2, 0.25) is 0 Å². The number of benzene rings is 1. The van der Waals surface area contributed by atoms with Crippen LogP contribution in [-0.4, -0.2) is 33.6 Å². The van der Waals surface area contributed by atoms with Crippen molar-refractivity contribution in [3.63, 3.8) is 0 Å². The predicted octanol–water partition coefficient (Wildman–Crippen LogP) is 2.22. The summed E-state index contributed by atoms with van der Waals surface area (Å²) in [4.78, 5) is 34.9. The molecule has 1 aromatic heterocycles. The summed E-state index contributed by atoms with van der Waals surface area (Å²) in [6.07, 6.45) is 0.249. The van der Waals surface area contributed by atoms with E-state index in [0.717, 1.165) is 5.69 Å². The van der Waals surface area contributed by atoms with Gasteiger partial charge in [-0.15, -0.1) is 0 Å². The molecule has 1 aliphatic rings. The number of nitrogens with zero attached hydrogens (tertiary/aromatic N) is 3. The summed E-state index contributed by atoms with van der Waals surface area (Å²) in [5.41, 5.74) is 7.83. The number of anilines is 3. The van der Waals surface area contributed by atoms with E-state index in [2.05, 4.69) is 15.3 Å². The van der Waals surface area contributed by atoms with Gasteiger partial charge in [0.25, 0.3) is 0 Å². The van der Waals surface area contributed by atoms with Gasteiger partial charge in [0.1, 0.15) is 5.82 Å². The van der Waals surface area contributed by atoms with E-state index in [0.29, 0.717) is 22.3 Å². The van der Waals surface area contributed by atoms with Crippen molar-refractivity contribution in [1.29, 1.82) is 0 Å². The summed E-state index contributed by atoms with van der Waals surface area (Å²) in [6.45, 7) is 3.69. The molecule has 2 heterocycles. The highest BCUT2D eigenvalue weighted by molar-refractivity contribution is 7.99. The number of rotatable bonds is 3. The van der Waals surface area contributed by atoms with Gasteiger partial charge in [-0.1, -0.05) is 23.9 Å². The van der Waals surface area contributed by atoms with E-state index < -0.39 is 0 Å². The molecule has 25 heavy (non-hydrogen) atoms. The predicted molar refractivity (Wildman–Crippen MR) is 98.5 cm³/mol. The van der Waals surface area contributed by atoms with Gasteiger partial charge < -0.3 is 16.0 Å². The van der Waals surface area contributed by atoms with E-state index >= 15 is 0 Å². The maximum Gasteiger partial charge on any atom is 0.237 e. The number of nitrogens with one attached hydrogen (secondary N) is 1. The number of amides is 2. The van der Waals surface area contributed by atoms with E-state index in [1.165, 1.54) is 11.8 Å². The van der Waals surface area contributed by atoms with Gasteiger partial charge in [0, 0.05) is 24.2 Å². The highest BCUT2D eigenvalue weighted by Crippen LogP contribution is 2.32. The van der Waals surface area contributed by atoms with Gasteiger partial charge in [0.15, 0.2) is 5.16 Å². The number of aromatic nitrogens is 2. The second kappa shape index (κ2) is 7.10. The minimum Gasteiger partial charge on any atom is -0.384 e. The highest BCUT2D eigenvalue weighted by Gasteiger charge is 2.29. The van der Waals surface area contributed by atoms with Crippen molar-refractivity contribution >= 4 is 40.8 Å². The van der Waals surface area contributed by atoms with Crippen LogP contribution < -0.4 is 16.0 Å². The van der Waals surface area contributed by atoms with Gasteiger partial charge >= 0.3 is 0 Å². The summed E-state index contributed by atoms with van der Waals surface area (Å²) in [5.74, 6) is 0.337. The second-order valence-electron chi connectivity index (χ2n) is 5.89. The molecule has 0 spiro atoms. The number of hydrogen-bond donors (Lipinski definition) is 2. The Bertz CT molecular complexity index is 806. The quantitative estimate of drug-likeness (QED) is 0.645. The summed E-state index contributed by atoms with van der Waals surface area (Å²) in [6, 6.07) is 8.75. The van der Waals surface area contributed by atoms with Gasteiger partial charge in [0.05, 0.1) is 17.1 Å². The largest absolute Gasteiger partial charge is 0.384 e. The molecular formula is C17H19N5O2S. The van der Waals surface area contributed by atoms with Crippen LogP contribution in [0, 0.1) is 6.92 Å². The number of nitrogens with two attached hydrogens (primary N) is 1. The first-order chi connectivity index (χ1) is 11.9. The average Bonchev–Trinajstić information content (AvgIpc) is 2.66. The molecule has 7 nitrogen and oxygen atoms in total. The van der Waals surface area contributed by atoms with Crippen molar-refractivity contribution in [2.75, 3.05) is 21.7 Å². The normalized spacial score (nSPS) is 16.8. The van der Waals surface area contributed by atoms with Crippen LogP contribution in [0.5, 0.6) is 0 Å². The molecule has 130 valence electrons. The Hall–Kier alpha value is -2.61. The lowest BCUT2D eigenvalue weighted by Gasteiger charge is -2.27. The van der Waals surface area contributed by atoms with Crippen LogP contribution in [0.25, 0.3) is 0 Å². The first-order valence-corrected chi connectivity index (χ1v) is 8.87. The molecule has 2 aromatic rings. The zero-order chi connectivity index (χ0) is 18.0. The van der Waals surface area contributed by atoms with Gasteiger partial charge in [-0.05, 0) is 26.0 Å². The van der Waals surface area contributed by atoms with E-state index in [1.54, 1.807) is 17.0 Å². The van der Waals surface area contributed by atoms with Crippen molar-refractivity contribution in [2.45, 2.75) is 31.5 Å². The lowest BCUT2D eigenvalue weighted by molar-refractivity contribution is -0.117. The van der Waals surface area contributed by atoms with Crippen LogP contribution in [0.4, 0.5) is 17.2 Å². The topological polar surface area (TPSA) is 101 Å². The third-order valence-electron chi connectivity index (χ3n) is 3.81. The number of carbonyl (C=O) groups excluding carboxylic acids is 2. The summed E-state index contributed by atoms with van der Waals surface area (Å²) in [7, 11) is 0. The van der Waals surface area contributed by atoms with Crippen LogP contribution in [0.1, 0.15) is 19.0 Å². The highest BCUT2D eigenvalue weighted by atomic mass is 32.2. The number of para-hydroxylation sites is 2. The van der Waals surface area contributed by atoms with E-state index in [1.807, 2.05) is 32.0 Å². The van der Waals surface area contributed by atoms with Crippen LogP contribution in [0.15, 0.2) is 35.5 Å². The maximum atomic E-state index is 12.9. The van der Waals surface area contributed by atoms with Crippen LogP contribution in [-0.2, 0) is 9.59 Å². The fourth-order valence-corrected chi connectivity index (χ4v) is 3.56. The minimum absolute atomic E-state index is 0.0994. The Morgan fingerprint density at radius 2 is 2.16 bits per heavy atom. The minimum atomic E-state index is -0.236. The Morgan fingerprint density at radius 3 is 2.92 bits per heavy atom. The zero-order valence-electron chi connectivity index (χ0n) is 14.0. The summed E-state index contributed by atoms with van der Waals surface area (Å²) < 4.78 is 0. The first-order valence-electron chi connectivity index (χ1n) is 7.89. The molecule has 0 fully saturated rings. The van der Waals surface area contributed by atoms with Crippen molar-refractivity contribution in [2.24, 2.45) is 0 Å². The Morgan fingerprint density at radius 1 is 1.40 bits per heavy atom. The molecule has 2 amide bonds. The molecule has 0 bridgehead atoms. The third-order valence-corrected chi connectivity index (χ3v) is 4.64. The molecule has 1 atom stereocenters. The molecule has 8 heteroatoms. The van der Waals surface area contributed by atoms with Crippen LogP contribution >= 0.6 is 11.8 Å². The van der Waals surface area contributed by atoms with Crippen molar-refractivity contribution in [1.82, 2.24) is 9.97 Å². The molecule has 3 rings (SSSR count). The number of hydrogen-bond acceptors (Lipinski definition) is 6. The second-order valence-corrected chi connectivity index (χ2v) is 6.83. The van der Waals surface area contributed by atoms with Crippen LogP contribution in [0.3, 0.4) is 0 Å². The molecule has 0 aliphatic carbocycles. The Kier molecular flexibility index (Phi) is 4.89. The van der Waals surface area contributed by atoms with Crippen molar-refractivity contribution in [3.8, 4) is 0 Å². The van der Waals surface area contributed by atoms with E-state index in [-0.39, 0.29) is 30.0 Å². The number of carbonyl (C=O) groups is 2. The van der Waals surface area contributed by atoms with Gasteiger partial charge in [0.2, 0.25) is 11.8 Å². The van der Waals surface area contributed by atoms with Crippen molar-refractivity contribution in [3.05, 3.63) is 36.0 Å². The smallest absolute Gasteiger partial charge is 0.237 e. The SMILES string of the molecule is Cc1cc(N)nc(SCC(=O)N2c3ccccc3NC(=O)C[C@H]2C)n1. The summed E-state index contributed by atoms with van der Waals surface area (Å²) in [5, 5.41) is 3.31. The molecule has 0 saturated carbocycles. The number of thioether (sulfide) groups is 1. The molecular weight excluding hydrogens is 338 g/mol. The fourth-order valence-electron chi connectivity index (χ4n) is 2.79. The lowest BCUT2D eigenvalue weighted by Crippen LogP contribution is -2.40. The number of fused-ring (bicyclic) bond motifs is 1. The monoisotopic (exact) mass is 357 g/mol. The molecule has 1 aromatic carbocycles. The van der Waals surface area contributed by atoms with Crippen molar-refractivity contribution < 1.29 is 9.59 Å².